The molecular weight excluding hydrogens is 318 g/mol. The number of hydrogen-bond acceptors (Lipinski definition) is 3. The number of hydrogen-bond donors (Lipinski definition) is 2. The Bertz CT molecular complexity index is 436. The molecule has 0 aromatic heterocycles. The van der Waals surface area contributed by atoms with Crippen molar-refractivity contribution in [3.63, 3.8) is 0 Å². The molecule has 1 unspecified atom stereocenters. The zero-order valence-electron chi connectivity index (χ0n) is 15.9. The fourth-order valence-corrected chi connectivity index (χ4v) is 4.25. The number of carbonyl (C=O) groups excluding carboxylic acids is 1. The third-order valence-corrected chi connectivity index (χ3v) is 6.08. The SMILES string of the molecule is CCC1CCC(CNC(=O)N2CCCC(N(C)CC(=O)O)CC2)CC1. The Morgan fingerprint density at radius 1 is 1.08 bits per heavy atom. The molecule has 0 bridgehead atoms. The summed E-state index contributed by atoms with van der Waals surface area (Å²) in [4.78, 5) is 27.2. The first-order chi connectivity index (χ1) is 12.0. The summed E-state index contributed by atoms with van der Waals surface area (Å²) in [5.74, 6) is 0.726. The first-order valence-electron chi connectivity index (χ1n) is 9.94. The summed E-state index contributed by atoms with van der Waals surface area (Å²) < 4.78 is 0. The van der Waals surface area contributed by atoms with Gasteiger partial charge >= 0.3 is 12.0 Å². The Balaban J connectivity index is 1.71. The molecule has 2 rings (SSSR count). The second-order valence-corrected chi connectivity index (χ2v) is 7.86. The molecule has 1 heterocycles. The predicted octanol–water partition coefficient (Wildman–Crippen LogP) is 2.78. The molecule has 0 radical (unpaired) electrons. The molecule has 1 aliphatic heterocycles. The van der Waals surface area contributed by atoms with Crippen LogP contribution in [0.15, 0.2) is 0 Å². The van der Waals surface area contributed by atoms with Crippen molar-refractivity contribution in [2.24, 2.45) is 11.8 Å². The van der Waals surface area contributed by atoms with Crippen LogP contribution in [0.5, 0.6) is 0 Å². The highest BCUT2D eigenvalue weighted by Crippen LogP contribution is 2.30. The summed E-state index contributed by atoms with van der Waals surface area (Å²) >= 11 is 0. The van der Waals surface area contributed by atoms with Crippen LogP contribution in [-0.4, -0.2) is 66.2 Å². The maximum atomic E-state index is 12.5. The second-order valence-electron chi connectivity index (χ2n) is 7.86. The number of amides is 2. The van der Waals surface area contributed by atoms with Crippen molar-refractivity contribution < 1.29 is 14.7 Å². The van der Waals surface area contributed by atoms with E-state index in [0.717, 1.165) is 38.3 Å². The van der Waals surface area contributed by atoms with Gasteiger partial charge in [0.2, 0.25) is 0 Å². The van der Waals surface area contributed by atoms with Crippen molar-refractivity contribution in [1.29, 1.82) is 0 Å². The van der Waals surface area contributed by atoms with Gasteiger partial charge in [0.25, 0.3) is 0 Å². The summed E-state index contributed by atoms with van der Waals surface area (Å²) in [6.07, 6.45) is 9.10. The van der Waals surface area contributed by atoms with E-state index in [0.29, 0.717) is 12.5 Å². The van der Waals surface area contributed by atoms with Crippen LogP contribution in [0.25, 0.3) is 0 Å². The van der Waals surface area contributed by atoms with Gasteiger partial charge in [0.15, 0.2) is 0 Å². The van der Waals surface area contributed by atoms with Crippen LogP contribution in [-0.2, 0) is 4.79 Å². The molecule has 25 heavy (non-hydrogen) atoms. The lowest BCUT2D eigenvalue weighted by molar-refractivity contribution is -0.138. The zero-order chi connectivity index (χ0) is 18.2. The van der Waals surface area contributed by atoms with Gasteiger partial charge in [-0.05, 0) is 51.0 Å². The molecule has 0 spiro atoms. The third-order valence-electron chi connectivity index (χ3n) is 6.08. The quantitative estimate of drug-likeness (QED) is 0.770. The van der Waals surface area contributed by atoms with E-state index < -0.39 is 5.97 Å². The topological polar surface area (TPSA) is 72.9 Å². The van der Waals surface area contributed by atoms with Gasteiger partial charge in [-0.2, -0.15) is 0 Å². The van der Waals surface area contributed by atoms with Crippen LogP contribution in [0, 0.1) is 11.8 Å². The lowest BCUT2D eigenvalue weighted by Gasteiger charge is -2.29. The number of nitrogens with one attached hydrogen (secondary N) is 1. The summed E-state index contributed by atoms with van der Waals surface area (Å²) in [7, 11) is 1.86. The van der Waals surface area contributed by atoms with Gasteiger partial charge in [0, 0.05) is 25.7 Å². The Hall–Kier alpha value is -1.30. The van der Waals surface area contributed by atoms with Crippen LogP contribution in [0.2, 0.25) is 0 Å². The largest absolute Gasteiger partial charge is 0.480 e. The van der Waals surface area contributed by atoms with Crippen LogP contribution >= 0.6 is 0 Å². The van der Waals surface area contributed by atoms with Gasteiger partial charge in [-0.1, -0.05) is 26.2 Å². The molecule has 1 atom stereocenters. The number of carboxylic acid groups (broad SMARTS) is 1. The fourth-order valence-electron chi connectivity index (χ4n) is 4.25. The molecule has 2 fully saturated rings. The van der Waals surface area contributed by atoms with Crippen LogP contribution in [0.4, 0.5) is 4.79 Å². The lowest BCUT2D eigenvalue weighted by Crippen LogP contribution is -2.43. The van der Waals surface area contributed by atoms with Crippen LogP contribution in [0.3, 0.4) is 0 Å². The highest BCUT2D eigenvalue weighted by molar-refractivity contribution is 5.74. The number of carbonyl (C=O) groups is 2. The van der Waals surface area contributed by atoms with Gasteiger partial charge < -0.3 is 15.3 Å². The molecule has 0 aromatic rings. The second kappa shape index (κ2) is 10.00. The zero-order valence-corrected chi connectivity index (χ0v) is 15.9. The maximum Gasteiger partial charge on any atom is 0.317 e. The van der Waals surface area contributed by atoms with Gasteiger partial charge in [0.1, 0.15) is 0 Å². The van der Waals surface area contributed by atoms with E-state index in [9.17, 15) is 9.59 Å². The van der Waals surface area contributed by atoms with E-state index in [1.165, 1.54) is 32.1 Å². The Labute approximate surface area is 151 Å². The lowest BCUT2D eigenvalue weighted by atomic mass is 9.81. The smallest absolute Gasteiger partial charge is 0.317 e. The summed E-state index contributed by atoms with van der Waals surface area (Å²) in [5.41, 5.74) is 0. The fraction of sp³-hybridized carbons (Fsp3) is 0.895. The molecule has 1 saturated heterocycles. The molecular formula is C19H35N3O3. The number of nitrogens with zero attached hydrogens (tertiary/aromatic N) is 2. The molecule has 1 saturated carbocycles. The molecule has 1 aliphatic carbocycles. The minimum Gasteiger partial charge on any atom is -0.480 e. The number of likely N-dealkylation sites (tertiary alicyclic amines) is 1. The van der Waals surface area contributed by atoms with Gasteiger partial charge in [-0.15, -0.1) is 0 Å². The van der Waals surface area contributed by atoms with Crippen molar-refractivity contribution >= 4 is 12.0 Å². The highest BCUT2D eigenvalue weighted by Gasteiger charge is 2.25. The number of carboxylic acids is 1. The Kier molecular flexibility index (Phi) is 8.00. The van der Waals surface area contributed by atoms with E-state index in [-0.39, 0.29) is 18.6 Å². The monoisotopic (exact) mass is 353 g/mol. The van der Waals surface area contributed by atoms with Crippen LogP contribution < -0.4 is 5.32 Å². The Morgan fingerprint density at radius 3 is 2.40 bits per heavy atom. The number of rotatable bonds is 6. The summed E-state index contributed by atoms with van der Waals surface area (Å²) in [6, 6.07) is 0.303. The van der Waals surface area contributed by atoms with Crippen molar-refractivity contribution in [2.75, 3.05) is 33.2 Å². The first-order valence-corrected chi connectivity index (χ1v) is 9.94. The van der Waals surface area contributed by atoms with Gasteiger partial charge in [-0.25, -0.2) is 4.79 Å². The minimum absolute atomic E-state index is 0.0548. The third kappa shape index (κ3) is 6.49. The average Bonchev–Trinajstić information content (AvgIpc) is 2.86. The molecule has 2 aliphatic rings. The van der Waals surface area contributed by atoms with E-state index in [2.05, 4.69) is 12.2 Å². The Morgan fingerprint density at radius 2 is 1.76 bits per heavy atom. The molecule has 0 aromatic carbocycles. The molecule has 144 valence electrons. The maximum absolute atomic E-state index is 12.5. The van der Waals surface area contributed by atoms with Crippen LogP contribution in [0.1, 0.15) is 58.3 Å². The molecule has 6 nitrogen and oxygen atoms in total. The number of urea groups is 1. The molecule has 6 heteroatoms. The van der Waals surface area contributed by atoms with Crippen molar-refractivity contribution in [3.05, 3.63) is 0 Å². The molecule has 2 N–H and O–H groups in total. The number of likely N-dealkylation sites (N-methyl/N-ethyl adjacent to an activating group) is 1. The van der Waals surface area contributed by atoms with Crippen molar-refractivity contribution in [2.45, 2.75) is 64.3 Å². The van der Waals surface area contributed by atoms with Gasteiger partial charge in [0.05, 0.1) is 6.54 Å². The highest BCUT2D eigenvalue weighted by atomic mass is 16.4. The van der Waals surface area contributed by atoms with E-state index >= 15 is 0 Å². The van der Waals surface area contributed by atoms with E-state index in [1.54, 1.807) is 0 Å². The van der Waals surface area contributed by atoms with Gasteiger partial charge in [-0.3, -0.25) is 9.69 Å². The summed E-state index contributed by atoms with van der Waals surface area (Å²) in [6.45, 7) is 4.62. The first kappa shape index (κ1) is 20.0. The average molecular weight is 354 g/mol. The standard InChI is InChI=1S/C19H35N3O3/c1-3-15-6-8-16(9-7-15)13-20-19(25)22-11-4-5-17(10-12-22)21(2)14-18(23)24/h15-17H,3-14H2,1-2H3,(H,20,25)(H,23,24). The predicted molar refractivity (Wildman–Crippen MR) is 98.6 cm³/mol. The minimum atomic E-state index is -0.792. The normalized spacial score (nSPS) is 27.8. The van der Waals surface area contributed by atoms with E-state index in [4.69, 9.17) is 5.11 Å². The number of aliphatic carboxylic acids is 1. The van der Waals surface area contributed by atoms with Crippen molar-refractivity contribution in [3.8, 4) is 0 Å². The summed E-state index contributed by atoms with van der Waals surface area (Å²) in [5, 5.41) is 12.1. The molecule has 2 amide bonds. The van der Waals surface area contributed by atoms with E-state index in [1.807, 2.05) is 16.8 Å². The van der Waals surface area contributed by atoms with Crippen molar-refractivity contribution in [1.82, 2.24) is 15.1 Å².